The second-order valence-corrected chi connectivity index (χ2v) is 14.8. The number of halogens is 1. The number of nitrogens with one attached hydrogen (secondary N) is 1. The lowest BCUT2D eigenvalue weighted by Gasteiger charge is -2.18. The monoisotopic (exact) mass is 424 g/mol. The Hall–Kier alpha value is -2.51. The molecule has 30 heavy (non-hydrogen) atoms. The molecule has 1 aliphatic rings. The molecule has 1 aliphatic heterocycles. The van der Waals surface area contributed by atoms with Crippen LogP contribution >= 0.6 is 0 Å². The number of aryl methyl sites for hydroxylation is 2. The largest absolute Gasteiger partial charge is 0.361 e. The van der Waals surface area contributed by atoms with Gasteiger partial charge >= 0.3 is 0 Å². The van der Waals surface area contributed by atoms with Crippen molar-refractivity contribution in [2.45, 2.75) is 46.3 Å². The fraction of sp³-hybridized carbons (Fsp3) is 0.391. The Balaban J connectivity index is 1.81. The van der Waals surface area contributed by atoms with Crippen LogP contribution in [0.15, 0.2) is 35.5 Å². The lowest BCUT2D eigenvalue weighted by atomic mass is 10.0. The molecule has 0 spiro atoms. The zero-order valence-corrected chi connectivity index (χ0v) is 19.3. The number of hydrogen-bond acceptors (Lipinski definition) is 3. The van der Waals surface area contributed by atoms with Gasteiger partial charge in [0, 0.05) is 37.1 Å². The smallest absolute Gasteiger partial charge is 0.132 e. The highest BCUT2D eigenvalue weighted by molar-refractivity contribution is 6.76. The number of H-pyrrole nitrogens is 1. The van der Waals surface area contributed by atoms with Gasteiger partial charge in [0.05, 0.1) is 29.8 Å². The van der Waals surface area contributed by atoms with Gasteiger partial charge < -0.3 is 9.30 Å². The molecule has 5 nitrogen and oxygen atoms in total. The van der Waals surface area contributed by atoms with Crippen LogP contribution in [0.2, 0.25) is 25.7 Å². The van der Waals surface area contributed by atoms with E-state index in [9.17, 15) is 0 Å². The Kier molecular flexibility index (Phi) is 5.51. The Labute approximate surface area is 178 Å². The molecule has 3 heterocycles. The molecule has 158 valence electrons. The number of aromatic nitrogens is 3. The number of nitrogens with zero attached hydrogens (tertiary/aromatic N) is 3. The number of hydrogen-bond donors (Lipinski definition) is 1. The molecule has 0 atom stereocenters. The summed E-state index contributed by atoms with van der Waals surface area (Å²) < 4.78 is 23.2. The number of rotatable bonds is 8. The van der Waals surface area contributed by atoms with Crippen LogP contribution in [-0.2, 0) is 11.5 Å². The quantitative estimate of drug-likeness (QED) is 0.388. The lowest BCUT2D eigenvalue weighted by Crippen LogP contribution is -2.22. The summed E-state index contributed by atoms with van der Waals surface area (Å²) in [5.74, 6) is -0.227. The first-order chi connectivity index (χ1) is 14.2. The van der Waals surface area contributed by atoms with Crippen LogP contribution in [0.4, 0.5) is 4.39 Å². The molecule has 0 saturated heterocycles. The van der Waals surface area contributed by atoms with Crippen LogP contribution in [0, 0.1) is 19.7 Å². The molecule has 0 radical (unpaired) electrons. The van der Waals surface area contributed by atoms with Crippen molar-refractivity contribution in [3.8, 4) is 22.5 Å². The highest BCUT2D eigenvalue weighted by Crippen LogP contribution is 2.37. The first-order valence-electron chi connectivity index (χ1n) is 10.4. The minimum Gasteiger partial charge on any atom is -0.361 e. The maximum atomic E-state index is 15.0. The summed E-state index contributed by atoms with van der Waals surface area (Å²) in [5.41, 5.74) is 7.21. The second kappa shape index (κ2) is 7.96. The molecule has 3 aromatic rings. The molecule has 0 amide bonds. The Morgan fingerprint density at radius 3 is 2.50 bits per heavy atom. The van der Waals surface area contributed by atoms with Gasteiger partial charge in [0.2, 0.25) is 0 Å². The van der Waals surface area contributed by atoms with Crippen LogP contribution in [0.5, 0.6) is 0 Å². The van der Waals surface area contributed by atoms with Crippen molar-refractivity contribution in [3.05, 3.63) is 53.1 Å². The Morgan fingerprint density at radius 2 is 1.90 bits per heavy atom. The Morgan fingerprint density at radius 1 is 1.13 bits per heavy atom. The molecule has 4 rings (SSSR count). The van der Waals surface area contributed by atoms with Crippen molar-refractivity contribution in [2.75, 3.05) is 13.2 Å². The minimum atomic E-state index is -1.19. The highest BCUT2D eigenvalue weighted by atomic mass is 28.3. The van der Waals surface area contributed by atoms with E-state index >= 15 is 4.39 Å². The predicted octanol–water partition coefficient (Wildman–Crippen LogP) is 5.42. The van der Waals surface area contributed by atoms with Crippen molar-refractivity contribution in [3.63, 3.8) is 0 Å². The summed E-state index contributed by atoms with van der Waals surface area (Å²) in [6.07, 6.45) is 1.82. The standard InChI is InChI=1S/C23H29FN4OSi/c1-15-6-7-17(20(24)10-15)23-18(21-13-25-21)11-22(19-12-26-27-16(19)2)28(23)14-29-8-9-30(3,4)5/h6-7,10-12H,8-9,13-14H2,1-5H3,(H,26,27). The van der Waals surface area contributed by atoms with E-state index in [1.807, 2.05) is 32.2 Å². The minimum absolute atomic E-state index is 0.227. The third kappa shape index (κ3) is 4.32. The van der Waals surface area contributed by atoms with Crippen LogP contribution in [0.1, 0.15) is 16.8 Å². The van der Waals surface area contributed by atoms with Crippen LogP contribution in [0.25, 0.3) is 22.5 Å². The van der Waals surface area contributed by atoms with Gasteiger partial charge in [0.1, 0.15) is 12.5 Å². The average molecular weight is 425 g/mol. The van der Waals surface area contributed by atoms with E-state index < -0.39 is 8.07 Å². The van der Waals surface area contributed by atoms with Gasteiger partial charge in [-0.1, -0.05) is 25.7 Å². The van der Waals surface area contributed by atoms with Crippen LogP contribution < -0.4 is 0 Å². The van der Waals surface area contributed by atoms with E-state index in [-0.39, 0.29) is 5.82 Å². The van der Waals surface area contributed by atoms with Crippen molar-refractivity contribution >= 4 is 13.8 Å². The normalized spacial score (nSPS) is 13.6. The van der Waals surface area contributed by atoms with Gasteiger partial charge in [0.15, 0.2) is 0 Å². The number of aliphatic imine (C=N–C) groups is 1. The van der Waals surface area contributed by atoms with E-state index in [0.29, 0.717) is 25.4 Å². The summed E-state index contributed by atoms with van der Waals surface area (Å²) in [7, 11) is -1.19. The highest BCUT2D eigenvalue weighted by Gasteiger charge is 2.27. The van der Waals surface area contributed by atoms with E-state index in [0.717, 1.165) is 45.5 Å². The van der Waals surface area contributed by atoms with E-state index in [2.05, 4.69) is 45.5 Å². The van der Waals surface area contributed by atoms with Gasteiger partial charge in [-0.3, -0.25) is 10.1 Å². The lowest BCUT2D eigenvalue weighted by molar-refractivity contribution is 0.0895. The number of aromatic amines is 1. The molecule has 1 N–H and O–H groups in total. The van der Waals surface area contributed by atoms with E-state index in [4.69, 9.17) is 4.74 Å². The third-order valence-electron chi connectivity index (χ3n) is 5.43. The molecule has 0 saturated carbocycles. The second-order valence-electron chi connectivity index (χ2n) is 9.22. The molecule has 0 bridgehead atoms. The van der Waals surface area contributed by atoms with Gasteiger partial charge in [-0.05, 0) is 43.7 Å². The van der Waals surface area contributed by atoms with Crippen LogP contribution in [-0.4, -0.2) is 41.7 Å². The van der Waals surface area contributed by atoms with E-state index in [1.54, 1.807) is 6.07 Å². The predicted molar refractivity (Wildman–Crippen MR) is 122 cm³/mol. The molecular formula is C23H29FN4OSi. The molecule has 0 fully saturated rings. The van der Waals surface area contributed by atoms with Gasteiger partial charge in [-0.25, -0.2) is 4.39 Å². The van der Waals surface area contributed by atoms with E-state index in [1.165, 1.54) is 0 Å². The molecule has 0 unspecified atom stereocenters. The summed E-state index contributed by atoms with van der Waals surface area (Å²) >= 11 is 0. The molecule has 0 aliphatic carbocycles. The fourth-order valence-electron chi connectivity index (χ4n) is 3.58. The summed E-state index contributed by atoms with van der Waals surface area (Å²) in [4.78, 5) is 4.42. The first-order valence-corrected chi connectivity index (χ1v) is 14.1. The summed E-state index contributed by atoms with van der Waals surface area (Å²) in [6, 6.07) is 8.57. The molecule has 1 aromatic carbocycles. The maximum absolute atomic E-state index is 15.0. The zero-order valence-electron chi connectivity index (χ0n) is 18.3. The Bertz CT molecular complexity index is 1110. The van der Waals surface area contributed by atoms with Gasteiger partial charge in [0.25, 0.3) is 0 Å². The molecular weight excluding hydrogens is 395 g/mol. The fourth-order valence-corrected chi connectivity index (χ4v) is 4.34. The number of ether oxygens (including phenoxy) is 1. The van der Waals surface area contributed by atoms with Gasteiger partial charge in [-0.15, -0.1) is 0 Å². The number of benzene rings is 1. The third-order valence-corrected chi connectivity index (χ3v) is 7.13. The van der Waals surface area contributed by atoms with Crippen molar-refractivity contribution < 1.29 is 9.13 Å². The molecule has 7 heteroatoms. The topological polar surface area (TPSA) is 55.2 Å². The SMILES string of the molecule is Cc1ccc(-c2c(C3=NC3)cc(-c3cn[nH]c3C)n2COCC[Si](C)(C)C)c(F)c1. The average Bonchev–Trinajstić information content (AvgIpc) is 3.32. The first kappa shape index (κ1) is 20.7. The maximum Gasteiger partial charge on any atom is 0.132 e. The van der Waals surface area contributed by atoms with Crippen molar-refractivity contribution in [1.82, 2.24) is 14.8 Å². The zero-order chi connectivity index (χ0) is 21.5. The van der Waals surface area contributed by atoms with Crippen molar-refractivity contribution in [2.24, 2.45) is 4.99 Å². The van der Waals surface area contributed by atoms with Crippen molar-refractivity contribution in [1.29, 1.82) is 0 Å². The molecule has 2 aromatic heterocycles. The summed E-state index contributed by atoms with van der Waals surface area (Å²) in [5, 5.41) is 7.20. The van der Waals surface area contributed by atoms with Gasteiger partial charge in [-0.2, -0.15) is 5.10 Å². The summed E-state index contributed by atoms with van der Waals surface area (Å²) in [6.45, 7) is 12.7. The van der Waals surface area contributed by atoms with Crippen LogP contribution in [0.3, 0.4) is 0 Å².